The smallest absolute Gasteiger partial charge is 0.326 e. The number of nitrogens with two attached hydrogens (primary N) is 4. The number of carboxylic acids is 2. The van der Waals surface area contributed by atoms with Gasteiger partial charge in [0, 0.05) is 6.42 Å². The quantitative estimate of drug-likeness (QED) is 0.0804. The third-order valence-corrected chi connectivity index (χ3v) is 4.64. The van der Waals surface area contributed by atoms with Gasteiger partial charge in [-0.15, -0.1) is 0 Å². The number of aliphatic carboxylic acids is 2. The molecular formula is C19H33N7O9. The number of hydrogen-bond acceptors (Lipinski definition) is 9. The molecule has 35 heavy (non-hydrogen) atoms. The highest BCUT2D eigenvalue weighted by molar-refractivity contribution is 5.96. The second-order valence-corrected chi connectivity index (χ2v) is 7.69. The fourth-order valence-electron chi connectivity index (χ4n) is 2.81. The molecule has 0 aliphatic carbocycles. The van der Waals surface area contributed by atoms with Gasteiger partial charge in [0.1, 0.15) is 18.1 Å². The first-order valence-electron chi connectivity index (χ1n) is 10.7. The number of hydrogen-bond donors (Lipinski definition) is 9. The summed E-state index contributed by atoms with van der Waals surface area (Å²) in [5.41, 5.74) is 21.2. The second-order valence-electron chi connectivity index (χ2n) is 7.69. The van der Waals surface area contributed by atoms with Crippen LogP contribution in [0.25, 0.3) is 0 Å². The van der Waals surface area contributed by atoms with Gasteiger partial charge in [-0.1, -0.05) is 6.42 Å². The second kappa shape index (κ2) is 15.9. The van der Waals surface area contributed by atoms with Gasteiger partial charge in [-0.05, 0) is 25.8 Å². The molecule has 0 spiro atoms. The molecule has 0 rings (SSSR count). The van der Waals surface area contributed by atoms with Gasteiger partial charge in [0.05, 0.1) is 18.9 Å². The fourth-order valence-corrected chi connectivity index (χ4v) is 2.81. The minimum Gasteiger partial charge on any atom is -0.481 e. The van der Waals surface area contributed by atoms with Crippen LogP contribution in [-0.4, -0.2) is 82.4 Å². The van der Waals surface area contributed by atoms with Crippen molar-refractivity contribution in [3.05, 3.63) is 0 Å². The van der Waals surface area contributed by atoms with Crippen LogP contribution in [0.5, 0.6) is 0 Å². The summed E-state index contributed by atoms with van der Waals surface area (Å²) in [5, 5.41) is 24.5. The molecule has 0 fully saturated rings. The molecule has 0 bridgehead atoms. The lowest BCUT2D eigenvalue weighted by molar-refractivity contribution is -0.144. The Labute approximate surface area is 200 Å². The number of unbranched alkanes of at least 4 members (excludes halogenated alkanes) is 1. The van der Waals surface area contributed by atoms with Gasteiger partial charge in [0.25, 0.3) is 0 Å². The topological polar surface area (TPSA) is 300 Å². The van der Waals surface area contributed by atoms with E-state index in [9.17, 15) is 33.6 Å². The van der Waals surface area contributed by atoms with Crippen molar-refractivity contribution >= 4 is 41.5 Å². The molecule has 0 radical (unpaired) electrons. The van der Waals surface area contributed by atoms with E-state index in [0.717, 1.165) is 0 Å². The van der Waals surface area contributed by atoms with Crippen molar-refractivity contribution in [3.63, 3.8) is 0 Å². The molecule has 0 aliphatic rings. The third kappa shape index (κ3) is 13.5. The van der Waals surface area contributed by atoms with Crippen LogP contribution in [0.15, 0.2) is 0 Å². The highest BCUT2D eigenvalue weighted by atomic mass is 16.4. The van der Waals surface area contributed by atoms with E-state index < -0.39 is 91.3 Å². The lowest BCUT2D eigenvalue weighted by atomic mass is 10.1. The van der Waals surface area contributed by atoms with Crippen LogP contribution < -0.4 is 38.9 Å². The van der Waals surface area contributed by atoms with Crippen LogP contribution >= 0.6 is 0 Å². The zero-order valence-corrected chi connectivity index (χ0v) is 19.0. The Morgan fingerprint density at radius 3 is 1.66 bits per heavy atom. The van der Waals surface area contributed by atoms with Crippen molar-refractivity contribution in [3.8, 4) is 0 Å². The van der Waals surface area contributed by atoms with Crippen LogP contribution in [0.3, 0.4) is 0 Å². The SMILES string of the molecule is NCCCCC(N)C(=O)NC(CC(N)=O)C(=O)NC(CCC(=O)O)C(=O)NC(CC(N)=O)C(=O)O. The van der Waals surface area contributed by atoms with Crippen LogP contribution in [-0.2, 0) is 33.6 Å². The Morgan fingerprint density at radius 2 is 1.17 bits per heavy atom. The Kier molecular flexibility index (Phi) is 14.2. The van der Waals surface area contributed by atoms with E-state index in [-0.39, 0.29) is 6.42 Å². The molecule has 0 aromatic rings. The zero-order valence-electron chi connectivity index (χ0n) is 19.0. The van der Waals surface area contributed by atoms with Crippen LogP contribution in [0.1, 0.15) is 44.9 Å². The molecule has 0 aromatic carbocycles. The molecular weight excluding hydrogens is 470 g/mol. The van der Waals surface area contributed by atoms with Crippen molar-refractivity contribution in [1.29, 1.82) is 0 Å². The lowest BCUT2D eigenvalue weighted by Crippen LogP contribution is -2.58. The first-order chi connectivity index (χ1) is 16.3. The monoisotopic (exact) mass is 503 g/mol. The maximum atomic E-state index is 12.7. The molecule has 16 heteroatoms. The van der Waals surface area contributed by atoms with E-state index in [1.807, 2.05) is 5.32 Å². The van der Waals surface area contributed by atoms with Crippen LogP contribution in [0.4, 0.5) is 0 Å². The average molecular weight is 504 g/mol. The van der Waals surface area contributed by atoms with Crippen LogP contribution in [0, 0.1) is 0 Å². The predicted octanol–water partition coefficient (Wildman–Crippen LogP) is -4.40. The highest BCUT2D eigenvalue weighted by Crippen LogP contribution is 2.04. The van der Waals surface area contributed by atoms with E-state index in [1.54, 1.807) is 0 Å². The largest absolute Gasteiger partial charge is 0.481 e. The zero-order chi connectivity index (χ0) is 27.1. The summed E-state index contributed by atoms with van der Waals surface area (Å²) < 4.78 is 0. The molecule has 16 nitrogen and oxygen atoms in total. The van der Waals surface area contributed by atoms with E-state index >= 15 is 0 Å². The van der Waals surface area contributed by atoms with Gasteiger partial charge in [0.2, 0.25) is 29.5 Å². The van der Waals surface area contributed by atoms with Crippen LogP contribution in [0.2, 0.25) is 0 Å². The predicted molar refractivity (Wildman–Crippen MR) is 119 cm³/mol. The summed E-state index contributed by atoms with van der Waals surface area (Å²) in [5.74, 6) is -7.90. The summed E-state index contributed by atoms with van der Waals surface area (Å²) in [6.45, 7) is 0.392. The molecule has 0 aliphatic heterocycles. The molecule has 13 N–H and O–H groups in total. The Bertz CT molecular complexity index is 806. The van der Waals surface area contributed by atoms with Gasteiger partial charge < -0.3 is 49.1 Å². The lowest BCUT2D eigenvalue weighted by Gasteiger charge is -2.24. The highest BCUT2D eigenvalue weighted by Gasteiger charge is 2.31. The molecule has 0 saturated heterocycles. The van der Waals surface area contributed by atoms with E-state index in [4.69, 9.17) is 33.1 Å². The summed E-state index contributed by atoms with van der Waals surface area (Å²) in [4.78, 5) is 82.3. The summed E-state index contributed by atoms with van der Waals surface area (Å²) >= 11 is 0. The van der Waals surface area contributed by atoms with Gasteiger partial charge in [-0.25, -0.2) is 4.79 Å². The van der Waals surface area contributed by atoms with E-state index in [1.165, 1.54) is 0 Å². The Balaban J connectivity index is 5.54. The first-order valence-corrected chi connectivity index (χ1v) is 10.7. The Morgan fingerprint density at radius 1 is 0.686 bits per heavy atom. The van der Waals surface area contributed by atoms with Gasteiger partial charge in [-0.2, -0.15) is 0 Å². The number of amides is 5. The number of primary amides is 2. The minimum atomic E-state index is -1.74. The van der Waals surface area contributed by atoms with Gasteiger partial charge in [0.15, 0.2) is 0 Å². The van der Waals surface area contributed by atoms with Crippen molar-refractivity contribution in [1.82, 2.24) is 16.0 Å². The number of nitrogens with one attached hydrogen (secondary N) is 3. The molecule has 198 valence electrons. The number of carboxylic acid groups (broad SMARTS) is 2. The minimum absolute atomic E-state index is 0.244. The maximum absolute atomic E-state index is 12.7. The maximum Gasteiger partial charge on any atom is 0.326 e. The third-order valence-electron chi connectivity index (χ3n) is 4.64. The van der Waals surface area contributed by atoms with Crippen molar-refractivity contribution in [2.45, 2.75) is 69.1 Å². The average Bonchev–Trinajstić information content (AvgIpc) is 2.74. The van der Waals surface area contributed by atoms with E-state index in [0.29, 0.717) is 19.4 Å². The van der Waals surface area contributed by atoms with Gasteiger partial charge in [-0.3, -0.25) is 28.8 Å². The van der Waals surface area contributed by atoms with Gasteiger partial charge >= 0.3 is 11.9 Å². The standard InChI is InChI=1S/C19H33N7O9/c20-6-2-1-3-9(21)16(31)25-11(7-13(22)27)18(33)24-10(4-5-15(29)30)17(32)26-12(19(34)35)8-14(23)28/h9-12H,1-8,20-21H2,(H2,22,27)(H2,23,28)(H,24,33)(H,25,31)(H,26,32)(H,29,30)(H,34,35). The Hall–Kier alpha value is -3.79. The molecule has 0 aromatic heterocycles. The normalized spacial score (nSPS) is 14.0. The summed E-state index contributed by atoms with van der Waals surface area (Å²) in [6, 6.07) is -5.92. The molecule has 4 atom stereocenters. The number of carbonyl (C=O) groups is 7. The summed E-state index contributed by atoms with van der Waals surface area (Å²) in [6.07, 6.45) is -1.13. The summed E-state index contributed by atoms with van der Waals surface area (Å²) in [7, 11) is 0. The molecule has 0 saturated carbocycles. The number of carbonyl (C=O) groups excluding carboxylic acids is 5. The van der Waals surface area contributed by atoms with Crippen molar-refractivity contribution in [2.75, 3.05) is 6.54 Å². The van der Waals surface area contributed by atoms with Crippen molar-refractivity contribution in [2.24, 2.45) is 22.9 Å². The molecule has 4 unspecified atom stereocenters. The number of rotatable bonds is 18. The molecule has 5 amide bonds. The van der Waals surface area contributed by atoms with Crippen molar-refractivity contribution < 1.29 is 43.8 Å². The fraction of sp³-hybridized carbons (Fsp3) is 0.632. The molecule has 0 heterocycles. The first kappa shape index (κ1) is 31.2. The van der Waals surface area contributed by atoms with E-state index in [2.05, 4.69) is 10.6 Å².